The predicted octanol–water partition coefficient (Wildman–Crippen LogP) is 6.91. The van der Waals surface area contributed by atoms with Crippen LogP contribution in [0.2, 0.25) is 18.1 Å². The molecule has 0 radical (unpaired) electrons. The van der Waals surface area contributed by atoms with E-state index in [4.69, 9.17) is 32.8 Å². The van der Waals surface area contributed by atoms with Gasteiger partial charge in [-0.25, -0.2) is 4.79 Å². The van der Waals surface area contributed by atoms with Gasteiger partial charge >= 0.3 is 11.9 Å². The molecule has 0 amide bonds. The summed E-state index contributed by atoms with van der Waals surface area (Å²) >= 11 is 0. The molecule has 2 aliphatic heterocycles. The zero-order valence-electron chi connectivity index (χ0n) is 32.8. The Morgan fingerprint density at radius 1 is 1.04 bits per heavy atom. The van der Waals surface area contributed by atoms with Crippen LogP contribution in [0.15, 0.2) is 54.1 Å². The normalized spacial score (nSPS) is 38.8. The standard InChI is InChI=1S/C41H60O10Si/c1-12-21-45-29-22-30-40(24-46-30,48-26(6)42)33-35(47-36(43)27-19-17-16-18-20-27)41(44)23-28(51-52(13-2,14-3)15-4)25(5)31(37(41,7)8)32-34(39(29,33)11)50-38(9,10)49-32/h12,16-20,28-30,32-35,44H,1,13-15,21-24H2,2-11H3/t28?,29?,30?,32?,33?,34?,35?,39-,40?,41?/m1/s1. The summed E-state index contributed by atoms with van der Waals surface area (Å²) in [6.45, 7) is 24.1. The average molecular weight is 741 g/mol. The second-order valence-corrected chi connectivity index (χ2v) is 21.6. The lowest BCUT2D eigenvalue weighted by Crippen LogP contribution is -2.82. The molecule has 1 N–H and O–H groups in total. The third-order valence-corrected chi connectivity index (χ3v) is 18.3. The van der Waals surface area contributed by atoms with Gasteiger partial charge in [0.05, 0.1) is 43.0 Å². The Balaban J connectivity index is 1.69. The van der Waals surface area contributed by atoms with Crippen molar-refractivity contribution < 1.29 is 47.5 Å². The molecule has 1 aromatic rings. The maximum atomic E-state index is 14.4. The molecule has 2 saturated heterocycles. The summed E-state index contributed by atoms with van der Waals surface area (Å²) in [4.78, 5) is 27.6. The van der Waals surface area contributed by atoms with E-state index < -0.39 is 90.6 Å². The lowest BCUT2D eigenvalue weighted by atomic mass is 9.44. The highest BCUT2D eigenvalue weighted by Gasteiger charge is 2.79. The first-order valence-electron chi connectivity index (χ1n) is 19.2. The van der Waals surface area contributed by atoms with Crippen LogP contribution in [-0.4, -0.2) is 92.2 Å². The molecule has 288 valence electrons. The Hall–Kier alpha value is -2.38. The largest absolute Gasteiger partial charge is 0.455 e. The van der Waals surface area contributed by atoms with Crippen LogP contribution in [0.5, 0.6) is 0 Å². The van der Waals surface area contributed by atoms with Gasteiger partial charge in [-0.15, -0.1) is 6.58 Å². The van der Waals surface area contributed by atoms with Gasteiger partial charge in [0, 0.05) is 30.6 Å². The minimum atomic E-state index is -2.24. The smallest absolute Gasteiger partial charge is 0.338 e. The van der Waals surface area contributed by atoms with Gasteiger partial charge < -0.3 is 38.0 Å². The molecule has 2 saturated carbocycles. The SMILES string of the molecule is C=CCOC1CC2OCC2(OC(C)=O)C2C(OC(=O)c3ccccc3)C3(O)CC(O[Si](CC)(CC)CC)C(C)=C(C4OC(C)(C)OC4[C@]12C)C3(C)C. The highest BCUT2D eigenvalue weighted by atomic mass is 28.4. The van der Waals surface area contributed by atoms with E-state index >= 15 is 0 Å². The zero-order valence-corrected chi connectivity index (χ0v) is 33.8. The van der Waals surface area contributed by atoms with Crippen LogP contribution in [-0.2, 0) is 37.6 Å². The molecule has 0 spiro atoms. The summed E-state index contributed by atoms with van der Waals surface area (Å²) in [6, 6.07) is 11.6. The zero-order chi connectivity index (χ0) is 38.1. The third-order valence-electron chi connectivity index (χ3n) is 13.6. The van der Waals surface area contributed by atoms with E-state index in [-0.39, 0.29) is 19.6 Å². The first kappa shape index (κ1) is 39.3. The van der Waals surface area contributed by atoms with Crippen molar-refractivity contribution in [3.8, 4) is 0 Å². The van der Waals surface area contributed by atoms with Gasteiger partial charge in [-0.1, -0.05) is 65.8 Å². The number of esters is 2. The van der Waals surface area contributed by atoms with Crippen molar-refractivity contribution in [3.05, 3.63) is 59.7 Å². The fraction of sp³-hybridized carbons (Fsp3) is 0.707. The van der Waals surface area contributed by atoms with Gasteiger partial charge in [0.2, 0.25) is 0 Å². The fourth-order valence-electron chi connectivity index (χ4n) is 10.6. The van der Waals surface area contributed by atoms with Gasteiger partial charge in [-0.2, -0.15) is 0 Å². The number of benzene rings is 1. The number of hydrogen-bond acceptors (Lipinski definition) is 10. The minimum Gasteiger partial charge on any atom is -0.455 e. The van der Waals surface area contributed by atoms with Crippen LogP contribution < -0.4 is 0 Å². The number of carbonyl (C=O) groups excluding carboxylic acids is 2. The quantitative estimate of drug-likeness (QED) is 0.146. The van der Waals surface area contributed by atoms with E-state index in [1.165, 1.54) is 6.92 Å². The van der Waals surface area contributed by atoms with Gasteiger partial charge in [0.1, 0.15) is 23.9 Å². The molecule has 5 aliphatic rings. The number of fused-ring (bicyclic) bond motifs is 8. The predicted molar refractivity (Wildman–Crippen MR) is 198 cm³/mol. The second-order valence-electron chi connectivity index (χ2n) is 16.9. The number of aliphatic hydroxyl groups is 1. The van der Waals surface area contributed by atoms with Crippen molar-refractivity contribution >= 4 is 20.3 Å². The van der Waals surface area contributed by atoms with Crippen LogP contribution >= 0.6 is 0 Å². The molecule has 2 heterocycles. The summed E-state index contributed by atoms with van der Waals surface area (Å²) < 4.78 is 47.4. The second kappa shape index (κ2) is 13.7. The number of carbonyl (C=O) groups is 2. The van der Waals surface area contributed by atoms with Gasteiger partial charge in [-0.3, -0.25) is 4.79 Å². The molecular weight excluding hydrogens is 681 g/mol. The maximum Gasteiger partial charge on any atom is 0.338 e. The topological polar surface area (TPSA) is 119 Å². The summed E-state index contributed by atoms with van der Waals surface area (Å²) in [5, 5.41) is 13.9. The van der Waals surface area contributed by atoms with Crippen LogP contribution in [0.3, 0.4) is 0 Å². The first-order chi connectivity index (χ1) is 24.4. The van der Waals surface area contributed by atoms with E-state index in [1.807, 2.05) is 33.8 Å². The van der Waals surface area contributed by atoms with Crippen LogP contribution in [0.1, 0.15) is 92.4 Å². The highest BCUT2D eigenvalue weighted by molar-refractivity contribution is 6.73. The maximum absolute atomic E-state index is 14.4. The molecule has 10 atom stereocenters. The number of ether oxygens (including phenoxy) is 6. The van der Waals surface area contributed by atoms with Crippen LogP contribution in [0.4, 0.5) is 0 Å². The molecule has 2 bridgehead atoms. The van der Waals surface area contributed by atoms with E-state index in [2.05, 4.69) is 41.2 Å². The van der Waals surface area contributed by atoms with E-state index in [1.54, 1.807) is 30.3 Å². The Bertz CT molecular complexity index is 1560. The van der Waals surface area contributed by atoms with Gasteiger partial charge in [0.15, 0.2) is 19.7 Å². The minimum absolute atomic E-state index is 0.0579. The molecule has 6 rings (SSSR count). The molecule has 10 nitrogen and oxygen atoms in total. The molecule has 4 fully saturated rings. The van der Waals surface area contributed by atoms with Crippen LogP contribution in [0, 0.1) is 16.7 Å². The Morgan fingerprint density at radius 3 is 2.25 bits per heavy atom. The molecular formula is C41H60O10Si. The van der Waals surface area contributed by atoms with E-state index in [0.29, 0.717) is 12.0 Å². The molecule has 9 unspecified atom stereocenters. The lowest BCUT2D eigenvalue weighted by Gasteiger charge is -2.69. The average Bonchev–Trinajstić information content (AvgIpc) is 3.42. The lowest BCUT2D eigenvalue weighted by molar-refractivity contribution is -0.365. The van der Waals surface area contributed by atoms with Crippen LogP contribution in [0.25, 0.3) is 0 Å². The number of rotatable bonds is 11. The first-order valence-corrected chi connectivity index (χ1v) is 21.7. The summed E-state index contributed by atoms with van der Waals surface area (Å²) in [6.07, 6.45) is -1.93. The summed E-state index contributed by atoms with van der Waals surface area (Å²) in [7, 11) is -2.24. The Labute approximate surface area is 310 Å². The van der Waals surface area contributed by atoms with E-state index in [0.717, 1.165) is 29.3 Å². The number of hydrogen-bond donors (Lipinski definition) is 1. The Kier molecular flexibility index (Phi) is 10.4. The summed E-state index contributed by atoms with van der Waals surface area (Å²) in [5.74, 6) is -2.97. The monoisotopic (exact) mass is 740 g/mol. The van der Waals surface area contributed by atoms with Crippen molar-refractivity contribution in [3.63, 3.8) is 0 Å². The van der Waals surface area contributed by atoms with Crippen molar-refractivity contribution in [2.75, 3.05) is 13.2 Å². The van der Waals surface area contributed by atoms with Gasteiger partial charge in [-0.05, 0) is 62.2 Å². The van der Waals surface area contributed by atoms with Crippen molar-refractivity contribution in [1.82, 2.24) is 0 Å². The fourth-order valence-corrected chi connectivity index (χ4v) is 13.5. The molecule has 52 heavy (non-hydrogen) atoms. The highest BCUT2D eigenvalue weighted by Crippen LogP contribution is 2.67. The molecule has 1 aromatic carbocycles. The van der Waals surface area contributed by atoms with Crippen molar-refractivity contribution in [2.45, 2.75) is 154 Å². The van der Waals surface area contributed by atoms with Gasteiger partial charge in [0.25, 0.3) is 0 Å². The third kappa shape index (κ3) is 5.88. The summed E-state index contributed by atoms with van der Waals surface area (Å²) in [5.41, 5.74) is -2.88. The van der Waals surface area contributed by atoms with Crippen molar-refractivity contribution in [2.24, 2.45) is 16.7 Å². The molecule has 0 aromatic heterocycles. The molecule has 11 heteroatoms. The molecule has 3 aliphatic carbocycles. The van der Waals surface area contributed by atoms with Crippen molar-refractivity contribution in [1.29, 1.82) is 0 Å². The Morgan fingerprint density at radius 2 is 1.69 bits per heavy atom. The van der Waals surface area contributed by atoms with E-state index in [9.17, 15) is 14.7 Å².